The molecule has 240 valence electrons. The first kappa shape index (κ1) is 33.7. The van der Waals surface area contributed by atoms with Crippen LogP contribution in [0.4, 0.5) is 18.0 Å². The van der Waals surface area contributed by atoms with Gasteiger partial charge in [0.1, 0.15) is 16.5 Å². The molecule has 0 bridgehead atoms. The summed E-state index contributed by atoms with van der Waals surface area (Å²) in [5, 5.41) is 13.4. The number of methoxy groups -OCH3 is 1. The Kier molecular flexibility index (Phi) is 10.1. The second-order valence-corrected chi connectivity index (χ2v) is 12.8. The van der Waals surface area contributed by atoms with Crippen LogP contribution in [-0.4, -0.2) is 70.5 Å². The van der Waals surface area contributed by atoms with Crippen molar-refractivity contribution in [3.05, 3.63) is 75.3 Å². The third kappa shape index (κ3) is 7.75. The third-order valence-electron chi connectivity index (χ3n) is 7.33. The molecule has 45 heavy (non-hydrogen) atoms. The van der Waals surface area contributed by atoms with Crippen molar-refractivity contribution in [2.45, 2.75) is 64.5 Å². The molecule has 0 unspecified atom stereocenters. The van der Waals surface area contributed by atoms with Crippen molar-refractivity contribution in [1.29, 1.82) is 5.26 Å². The summed E-state index contributed by atoms with van der Waals surface area (Å²) in [6.45, 7) is 7.74. The number of hydrogen-bond donors (Lipinski definition) is 0. The third-order valence-corrected chi connectivity index (χ3v) is 8.37. The number of alkyl halides is 3. The topological polar surface area (TPSA) is 101 Å². The number of amides is 2. The van der Waals surface area contributed by atoms with E-state index in [0.717, 1.165) is 10.4 Å². The van der Waals surface area contributed by atoms with E-state index >= 15 is 0 Å². The molecule has 0 spiro atoms. The minimum atomic E-state index is -4.67. The van der Waals surface area contributed by atoms with Crippen molar-refractivity contribution < 1.29 is 32.2 Å². The van der Waals surface area contributed by atoms with E-state index in [1.165, 1.54) is 40.3 Å². The lowest BCUT2D eigenvalue weighted by atomic mass is 9.83. The van der Waals surface area contributed by atoms with E-state index in [1.807, 2.05) is 0 Å². The molecular weight excluding hydrogens is 607 g/mol. The van der Waals surface area contributed by atoms with Gasteiger partial charge in [0.25, 0.3) is 0 Å². The number of aromatic nitrogens is 2. The molecule has 9 nitrogen and oxygen atoms in total. The molecule has 2 atom stereocenters. The van der Waals surface area contributed by atoms with Crippen LogP contribution in [0, 0.1) is 11.3 Å². The van der Waals surface area contributed by atoms with E-state index in [2.05, 4.69) is 11.2 Å². The molecule has 1 aliphatic rings. The number of halogens is 3. The fourth-order valence-electron chi connectivity index (χ4n) is 5.18. The average molecular weight is 644 g/mol. The number of benzene rings is 1. The van der Waals surface area contributed by atoms with Crippen LogP contribution in [0.25, 0.3) is 11.1 Å². The van der Waals surface area contributed by atoms with Crippen molar-refractivity contribution in [3.8, 4) is 17.2 Å². The van der Waals surface area contributed by atoms with Gasteiger partial charge in [-0.25, -0.2) is 4.79 Å². The van der Waals surface area contributed by atoms with Crippen LogP contribution in [0.1, 0.15) is 60.2 Å². The highest BCUT2D eigenvalue weighted by Gasteiger charge is 2.39. The summed E-state index contributed by atoms with van der Waals surface area (Å²) in [5.74, 6) is -0.866. The van der Waals surface area contributed by atoms with Crippen LogP contribution in [0.15, 0.2) is 48.7 Å². The molecule has 0 saturated heterocycles. The Hall–Kier alpha value is -4.15. The molecule has 3 heterocycles. The van der Waals surface area contributed by atoms with Crippen LogP contribution >= 0.6 is 11.3 Å². The zero-order valence-corrected chi connectivity index (χ0v) is 26.8. The average Bonchev–Trinajstić information content (AvgIpc) is 3.62. The summed E-state index contributed by atoms with van der Waals surface area (Å²) in [7, 11) is 3.04. The number of likely N-dealkylation sites (N-methyl/N-ethyl adjacent to an activating group) is 1. The van der Waals surface area contributed by atoms with Crippen LogP contribution < -0.4 is 0 Å². The first-order chi connectivity index (χ1) is 21.2. The maximum absolute atomic E-state index is 14.1. The SMILES string of the molecule is CCn1cc(-c2ccccc2[C@@H]2CN(C(=O)/C=C/[C@@H](COC)N(C)C(=O)OC(C)(C)C)Cc3sc(C#N)cc32)c(C(F)(F)F)n1. The van der Waals surface area contributed by atoms with Gasteiger partial charge in [-0.3, -0.25) is 9.48 Å². The number of thiophene rings is 1. The monoisotopic (exact) mass is 643 g/mol. The first-order valence-corrected chi connectivity index (χ1v) is 15.2. The molecule has 0 N–H and O–H groups in total. The number of carbonyl (C=O) groups is 2. The van der Waals surface area contributed by atoms with Crippen LogP contribution in [0.3, 0.4) is 0 Å². The zero-order chi connectivity index (χ0) is 33.1. The Balaban J connectivity index is 1.70. The van der Waals surface area contributed by atoms with Gasteiger partial charge >= 0.3 is 12.3 Å². The molecule has 4 rings (SSSR count). The summed E-state index contributed by atoms with van der Waals surface area (Å²) in [4.78, 5) is 30.4. The van der Waals surface area contributed by atoms with Crippen molar-refractivity contribution in [1.82, 2.24) is 19.6 Å². The molecule has 1 aromatic carbocycles. The van der Waals surface area contributed by atoms with Crippen LogP contribution in [0.5, 0.6) is 0 Å². The summed E-state index contributed by atoms with van der Waals surface area (Å²) < 4.78 is 54.3. The van der Waals surface area contributed by atoms with Gasteiger partial charge in [0, 0.05) is 55.9 Å². The van der Waals surface area contributed by atoms with E-state index in [9.17, 15) is 28.0 Å². The van der Waals surface area contributed by atoms with Gasteiger partial charge in [-0.15, -0.1) is 11.3 Å². The van der Waals surface area contributed by atoms with Gasteiger partial charge in [-0.2, -0.15) is 23.5 Å². The summed E-state index contributed by atoms with van der Waals surface area (Å²) >= 11 is 1.25. The molecule has 0 aliphatic carbocycles. The van der Waals surface area contributed by atoms with E-state index in [4.69, 9.17) is 9.47 Å². The molecule has 2 amide bonds. The molecule has 3 aromatic rings. The Labute approximate surface area is 264 Å². The van der Waals surface area contributed by atoms with Crippen molar-refractivity contribution in [3.63, 3.8) is 0 Å². The van der Waals surface area contributed by atoms with Gasteiger partial charge < -0.3 is 19.3 Å². The fourth-order valence-corrected chi connectivity index (χ4v) is 6.21. The molecule has 13 heteroatoms. The number of ether oxygens (including phenoxy) is 2. The number of carbonyl (C=O) groups excluding carboxylic acids is 2. The lowest BCUT2D eigenvalue weighted by Gasteiger charge is -2.34. The highest BCUT2D eigenvalue weighted by atomic mass is 32.1. The van der Waals surface area contributed by atoms with Gasteiger partial charge in [-0.05, 0) is 50.5 Å². The Morgan fingerprint density at radius 2 is 1.93 bits per heavy atom. The molecule has 0 saturated carbocycles. The molecule has 0 radical (unpaired) electrons. The maximum atomic E-state index is 14.1. The normalized spacial score (nSPS) is 15.9. The lowest BCUT2D eigenvalue weighted by Crippen LogP contribution is -2.42. The molecule has 2 aromatic heterocycles. The minimum Gasteiger partial charge on any atom is -0.444 e. The highest BCUT2D eigenvalue weighted by molar-refractivity contribution is 7.12. The lowest BCUT2D eigenvalue weighted by molar-refractivity contribution is -0.141. The van der Waals surface area contributed by atoms with Crippen molar-refractivity contribution >= 4 is 23.3 Å². The Morgan fingerprint density at radius 1 is 1.22 bits per heavy atom. The first-order valence-electron chi connectivity index (χ1n) is 14.3. The molecular formula is C32H36F3N5O4S. The minimum absolute atomic E-state index is 0.0480. The van der Waals surface area contributed by atoms with Crippen LogP contribution in [-0.2, 0) is 33.5 Å². The van der Waals surface area contributed by atoms with E-state index in [1.54, 1.807) is 76.1 Å². The van der Waals surface area contributed by atoms with Gasteiger partial charge in [0.2, 0.25) is 5.91 Å². The van der Waals surface area contributed by atoms with Gasteiger partial charge in [0.15, 0.2) is 5.69 Å². The summed E-state index contributed by atoms with van der Waals surface area (Å²) in [5.41, 5.74) is 0.00612. The van der Waals surface area contributed by atoms with E-state index < -0.39 is 35.5 Å². The number of nitrogens with zero attached hydrogens (tertiary/aromatic N) is 5. The second-order valence-electron chi connectivity index (χ2n) is 11.7. The number of aryl methyl sites for hydroxylation is 1. The summed E-state index contributed by atoms with van der Waals surface area (Å²) in [6.07, 6.45) is -0.923. The van der Waals surface area contributed by atoms with Gasteiger partial charge in [0.05, 0.1) is 19.2 Å². The predicted octanol–water partition coefficient (Wildman–Crippen LogP) is 6.43. The largest absolute Gasteiger partial charge is 0.444 e. The zero-order valence-electron chi connectivity index (χ0n) is 26.0. The fraction of sp³-hybridized carbons (Fsp3) is 0.438. The van der Waals surface area contributed by atoms with E-state index in [0.29, 0.717) is 16.0 Å². The summed E-state index contributed by atoms with van der Waals surface area (Å²) in [6, 6.07) is 10.1. The van der Waals surface area contributed by atoms with Crippen molar-refractivity contribution in [2.24, 2.45) is 0 Å². The Bertz CT molecular complexity index is 1620. The molecule has 1 aliphatic heterocycles. The quantitative estimate of drug-likeness (QED) is 0.262. The maximum Gasteiger partial charge on any atom is 0.435 e. The smallest absolute Gasteiger partial charge is 0.435 e. The van der Waals surface area contributed by atoms with E-state index in [-0.39, 0.29) is 37.7 Å². The standard InChI is InChI=1S/C32H36F3N5O4S/c1-7-40-17-26(29(37-40)32(33,34)35)23-11-9-8-10-22(23)25-16-39(18-27-24(25)14-21(15-36)45-27)28(41)13-12-20(19-43-6)38(5)30(42)44-31(2,3)4/h8-14,17,20,25H,7,16,18-19H2,1-6H3/b13-12+/t20-,25-/m0/s1. The van der Waals surface area contributed by atoms with Crippen molar-refractivity contribution in [2.75, 3.05) is 27.3 Å². The predicted molar refractivity (Wildman–Crippen MR) is 163 cm³/mol. The van der Waals surface area contributed by atoms with Gasteiger partial charge in [-0.1, -0.05) is 30.3 Å². The van der Waals surface area contributed by atoms with Crippen LogP contribution in [0.2, 0.25) is 0 Å². The molecule has 0 fully saturated rings. The highest BCUT2D eigenvalue weighted by Crippen LogP contribution is 2.44. The number of fused-ring (bicyclic) bond motifs is 1. The number of hydrogen-bond acceptors (Lipinski definition) is 7. The second kappa shape index (κ2) is 13.5. The number of rotatable bonds is 8. The Morgan fingerprint density at radius 3 is 2.56 bits per heavy atom. The number of nitriles is 1.